The summed E-state index contributed by atoms with van der Waals surface area (Å²) >= 11 is 0. The normalized spacial score (nSPS) is 20.1. The van der Waals surface area contributed by atoms with Crippen molar-refractivity contribution in [2.24, 2.45) is 5.10 Å². The maximum absolute atomic E-state index is 12.7. The van der Waals surface area contributed by atoms with Crippen LogP contribution < -0.4 is 10.1 Å². The van der Waals surface area contributed by atoms with Crippen molar-refractivity contribution in [3.63, 3.8) is 0 Å². The monoisotopic (exact) mass is 360 g/mol. The lowest BCUT2D eigenvalue weighted by Gasteiger charge is -2.21. The molecule has 3 amide bonds. The maximum atomic E-state index is 12.7. The third-order valence-electron chi connectivity index (χ3n) is 3.82. The number of alkyl halides is 2. The fraction of sp³-hybridized carbons (Fsp3) is 0.176. The summed E-state index contributed by atoms with van der Waals surface area (Å²) in [6.07, 6.45) is 2.85. The van der Waals surface area contributed by atoms with Gasteiger partial charge in [-0.05, 0) is 36.8 Å². The summed E-state index contributed by atoms with van der Waals surface area (Å²) in [6, 6.07) is 9.90. The molecule has 1 fully saturated rings. The Morgan fingerprint density at radius 2 is 1.96 bits per heavy atom. The first-order chi connectivity index (χ1) is 12.4. The number of urea groups is 1. The number of pyridine rings is 1. The van der Waals surface area contributed by atoms with Gasteiger partial charge in [-0.15, -0.1) is 5.01 Å². The Balaban J connectivity index is 1.81. The average molecular weight is 360 g/mol. The number of halogens is 2. The molecule has 1 N–H and O–H groups in total. The van der Waals surface area contributed by atoms with Gasteiger partial charge in [0.25, 0.3) is 5.91 Å². The van der Waals surface area contributed by atoms with E-state index in [0.29, 0.717) is 16.3 Å². The summed E-state index contributed by atoms with van der Waals surface area (Å²) < 4.78 is 28.7. The van der Waals surface area contributed by atoms with Gasteiger partial charge in [0, 0.05) is 6.20 Å². The van der Waals surface area contributed by atoms with Gasteiger partial charge in [-0.2, -0.15) is 13.9 Å². The van der Waals surface area contributed by atoms with E-state index in [9.17, 15) is 18.4 Å². The molecule has 134 valence electrons. The van der Waals surface area contributed by atoms with Crippen molar-refractivity contribution in [2.45, 2.75) is 19.1 Å². The SMILES string of the molecule is C[C@@]1(c2ccc(OC(F)F)cc2)NC(=O)N(N=Cc2ccccn2)C1=O. The molecule has 9 heteroatoms. The summed E-state index contributed by atoms with van der Waals surface area (Å²) in [7, 11) is 0. The molecule has 2 heterocycles. The summed E-state index contributed by atoms with van der Waals surface area (Å²) in [4.78, 5) is 28.8. The van der Waals surface area contributed by atoms with E-state index < -0.39 is 24.1 Å². The molecule has 1 aliphatic rings. The lowest BCUT2D eigenvalue weighted by atomic mass is 9.92. The second kappa shape index (κ2) is 6.87. The van der Waals surface area contributed by atoms with Crippen LogP contribution in [0.3, 0.4) is 0 Å². The highest BCUT2D eigenvalue weighted by molar-refractivity contribution is 6.07. The van der Waals surface area contributed by atoms with Crippen LogP contribution in [0.1, 0.15) is 18.2 Å². The minimum atomic E-state index is -2.94. The first-order valence-electron chi connectivity index (χ1n) is 7.57. The zero-order valence-corrected chi connectivity index (χ0v) is 13.6. The van der Waals surface area contributed by atoms with E-state index in [1.54, 1.807) is 24.4 Å². The lowest BCUT2D eigenvalue weighted by molar-refractivity contribution is -0.131. The van der Waals surface area contributed by atoms with Gasteiger partial charge < -0.3 is 10.1 Å². The molecule has 0 aliphatic carbocycles. The molecule has 1 atom stereocenters. The number of imide groups is 1. The third-order valence-corrected chi connectivity index (χ3v) is 3.82. The number of carbonyl (C=O) groups is 2. The summed E-state index contributed by atoms with van der Waals surface area (Å²) in [5, 5.41) is 7.16. The van der Waals surface area contributed by atoms with Crippen LogP contribution in [0, 0.1) is 0 Å². The van der Waals surface area contributed by atoms with Crippen LogP contribution in [0.2, 0.25) is 0 Å². The number of hydrogen-bond donors (Lipinski definition) is 1. The van der Waals surface area contributed by atoms with E-state index >= 15 is 0 Å². The van der Waals surface area contributed by atoms with Crippen molar-refractivity contribution < 1.29 is 23.1 Å². The second-order valence-corrected chi connectivity index (χ2v) is 5.57. The topological polar surface area (TPSA) is 83.9 Å². The Labute approximate surface area is 147 Å². The number of aromatic nitrogens is 1. The van der Waals surface area contributed by atoms with Crippen LogP contribution in [-0.4, -0.2) is 34.8 Å². The van der Waals surface area contributed by atoms with Crippen molar-refractivity contribution in [2.75, 3.05) is 0 Å². The molecular weight excluding hydrogens is 346 g/mol. The average Bonchev–Trinajstić information content (AvgIpc) is 2.84. The molecule has 0 unspecified atom stereocenters. The highest BCUT2D eigenvalue weighted by Crippen LogP contribution is 2.30. The Hall–Kier alpha value is -3.36. The minimum Gasteiger partial charge on any atom is -0.435 e. The van der Waals surface area contributed by atoms with E-state index in [2.05, 4.69) is 20.1 Å². The number of carbonyl (C=O) groups excluding carboxylic acids is 2. The maximum Gasteiger partial charge on any atom is 0.387 e. The van der Waals surface area contributed by atoms with Crippen LogP contribution in [0.5, 0.6) is 5.75 Å². The van der Waals surface area contributed by atoms with Crippen LogP contribution in [0.25, 0.3) is 0 Å². The number of nitrogens with zero attached hydrogens (tertiary/aromatic N) is 3. The van der Waals surface area contributed by atoms with Crippen molar-refractivity contribution in [3.8, 4) is 5.75 Å². The third kappa shape index (κ3) is 3.37. The Morgan fingerprint density at radius 1 is 1.23 bits per heavy atom. The highest BCUT2D eigenvalue weighted by atomic mass is 19.3. The Morgan fingerprint density at radius 3 is 2.58 bits per heavy atom. The smallest absolute Gasteiger partial charge is 0.387 e. The summed E-state index contributed by atoms with van der Waals surface area (Å²) in [5.41, 5.74) is -0.481. The molecule has 0 spiro atoms. The fourth-order valence-corrected chi connectivity index (χ4v) is 2.46. The van der Waals surface area contributed by atoms with Gasteiger partial charge in [-0.1, -0.05) is 18.2 Å². The first kappa shape index (κ1) is 17.5. The van der Waals surface area contributed by atoms with E-state index in [4.69, 9.17) is 0 Å². The van der Waals surface area contributed by atoms with Gasteiger partial charge in [0.2, 0.25) is 0 Å². The van der Waals surface area contributed by atoms with Gasteiger partial charge in [0.1, 0.15) is 11.3 Å². The van der Waals surface area contributed by atoms with Gasteiger partial charge in [-0.25, -0.2) is 4.79 Å². The van der Waals surface area contributed by atoms with Crippen molar-refractivity contribution >= 4 is 18.2 Å². The van der Waals surface area contributed by atoms with E-state index in [1.807, 2.05) is 0 Å². The number of benzene rings is 1. The number of rotatable bonds is 5. The summed E-state index contributed by atoms with van der Waals surface area (Å²) in [6.45, 7) is -1.44. The van der Waals surface area contributed by atoms with Crippen LogP contribution >= 0.6 is 0 Å². The molecule has 1 aromatic carbocycles. The van der Waals surface area contributed by atoms with Crippen LogP contribution in [0.15, 0.2) is 53.8 Å². The number of hydrogen-bond acceptors (Lipinski definition) is 5. The molecule has 1 aromatic heterocycles. The molecule has 1 aliphatic heterocycles. The molecule has 0 saturated carbocycles. The van der Waals surface area contributed by atoms with Crippen LogP contribution in [-0.2, 0) is 10.3 Å². The Bertz CT molecular complexity index is 843. The molecule has 0 radical (unpaired) electrons. The largest absolute Gasteiger partial charge is 0.435 e. The molecule has 7 nitrogen and oxygen atoms in total. The zero-order chi connectivity index (χ0) is 18.7. The number of hydrazone groups is 1. The molecule has 3 rings (SSSR count). The predicted molar refractivity (Wildman–Crippen MR) is 87.6 cm³/mol. The molecule has 1 saturated heterocycles. The number of nitrogens with one attached hydrogen (secondary N) is 1. The van der Waals surface area contributed by atoms with Crippen LogP contribution in [0.4, 0.5) is 13.6 Å². The lowest BCUT2D eigenvalue weighted by Crippen LogP contribution is -2.40. The number of amides is 3. The molecule has 26 heavy (non-hydrogen) atoms. The molecular formula is C17H14F2N4O3. The Kier molecular flexibility index (Phi) is 4.61. The standard InChI is InChI=1S/C17H14F2N4O3/c1-17(11-5-7-13(8-6-11)26-15(18)19)14(24)23(16(25)22-17)21-10-12-4-2-3-9-20-12/h2-10,15H,1H3,(H,22,25)/t17-/m0/s1. The zero-order valence-electron chi connectivity index (χ0n) is 13.6. The van der Waals surface area contributed by atoms with E-state index in [1.165, 1.54) is 37.4 Å². The van der Waals surface area contributed by atoms with Crippen molar-refractivity contribution in [1.82, 2.24) is 15.3 Å². The van der Waals surface area contributed by atoms with Gasteiger partial charge in [-0.3, -0.25) is 9.78 Å². The van der Waals surface area contributed by atoms with E-state index in [0.717, 1.165) is 0 Å². The summed E-state index contributed by atoms with van der Waals surface area (Å²) in [5.74, 6) is -0.647. The van der Waals surface area contributed by atoms with Gasteiger partial charge in [0.15, 0.2) is 0 Å². The van der Waals surface area contributed by atoms with Crippen molar-refractivity contribution in [1.29, 1.82) is 0 Å². The van der Waals surface area contributed by atoms with E-state index in [-0.39, 0.29) is 5.75 Å². The number of ether oxygens (including phenoxy) is 1. The highest BCUT2D eigenvalue weighted by Gasteiger charge is 2.49. The van der Waals surface area contributed by atoms with Gasteiger partial charge >= 0.3 is 12.6 Å². The fourth-order valence-electron chi connectivity index (χ4n) is 2.46. The van der Waals surface area contributed by atoms with Gasteiger partial charge in [0.05, 0.1) is 11.9 Å². The molecule has 0 bridgehead atoms. The van der Waals surface area contributed by atoms with Crippen molar-refractivity contribution in [3.05, 3.63) is 59.9 Å². The molecule has 2 aromatic rings. The second-order valence-electron chi connectivity index (χ2n) is 5.57. The minimum absolute atomic E-state index is 0.0471. The first-order valence-corrected chi connectivity index (χ1v) is 7.57. The predicted octanol–water partition coefficient (Wildman–Crippen LogP) is 2.48. The quantitative estimate of drug-likeness (QED) is 0.656.